The van der Waals surface area contributed by atoms with E-state index in [1.807, 2.05) is 13.8 Å². The van der Waals surface area contributed by atoms with Gasteiger partial charge in [-0.3, -0.25) is 4.79 Å². The number of rotatable bonds is 4. The van der Waals surface area contributed by atoms with E-state index >= 15 is 0 Å². The van der Waals surface area contributed by atoms with Gasteiger partial charge in [-0.25, -0.2) is 18.4 Å². The third kappa shape index (κ3) is 3.89. The van der Waals surface area contributed by atoms with E-state index in [4.69, 9.17) is 0 Å². The second-order valence-corrected chi connectivity index (χ2v) is 7.37. The quantitative estimate of drug-likeness (QED) is 0.824. The second kappa shape index (κ2) is 5.74. The molecule has 1 aliphatic rings. The Hall–Kier alpha value is -1.70. The van der Waals surface area contributed by atoms with Crippen LogP contribution >= 0.6 is 0 Å². The Morgan fingerprint density at radius 1 is 1.45 bits per heavy atom. The fourth-order valence-electron chi connectivity index (χ4n) is 1.98. The molecular formula is C12H18N4O3S. The van der Waals surface area contributed by atoms with Crippen LogP contribution in [0.5, 0.6) is 0 Å². The Morgan fingerprint density at radius 2 is 2.20 bits per heavy atom. The molecule has 8 heteroatoms. The summed E-state index contributed by atoms with van der Waals surface area (Å²) in [6.45, 7) is 3.73. The molecule has 7 nitrogen and oxygen atoms in total. The van der Waals surface area contributed by atoms with Crippen LogP contribution in [0.25, 0.3) is 0 Å². The predicted molar refractivity (Wildman–Crippen MR) is 75.3 cm³/mol. The summed E-state index contributed by atoms with van der Waals surface area (Å²) in [4.78, 5) is 19.9. The van der Waals surface area contributed by atoms with Gasteiger partial charge in [0.15, 0.2) is 9.84 Å². The number of hydrogen-bond donors (Lipinski definition) is 2. The standard InChI is InChI=1S/C12H18N4O3S/c1-8(2)14-11(17)10-3-5-13-12(16-10)15-9-4-6-20(18,19)7-9/h3,5,8-9H,4,6-7H2,1-2H3,(H,14,17)(H,13,15,16). The van der Waals surface area contributed by atoms with Crippen LogP contribution in [0.1, 0.15) is 30.8 Å². The molecular weight excluding hydrogens is 280 g/mol. The molecule has 1 fully saturated rings. The lowest BCUT2D eigenvalue weighted by molar-refractivity contribution is 0.0938. The zero-order chi connectivity index (χ0) is 14.8. The Kier molecular flexibility index (Phi) is 4.22. The van der Waals surface area contributed by atoms with E-state index in [1.165, 1.54) is 12.3 Å². The average Bonchev–Trinajstić information content (AvgIpc) is 2.68. The molecule has 0 saturated carbocycles. The van der Waals surface area contributed by atoms with Gasteiger partial charge >= 0.3 is 0 Å². The van der Waals surface area contributed by atoms with Crippen LogP contribution in [0.3, 0.4) is 0 Å². The largest absolute Gasteiger partial charge is 0.350 e. The molecule has 1 aromatic heterocycles. The number of carbonyl (C=O) groups excluding carboxylic acids is 1. The molecule has 2 rings (SSSR count). The van der Waals surface area contributed by atoms with E-state index in [-0.39, 0.29) is 41.1 Å². The number of sulfone groups is 1. The number of aromatic nitrogens is 2. The van der Waals surface area contributed by atoms with Crippen LogP contribution in [0.2, 0.25) is 0 Å². The van der Waals surface area contributed by atoms with E-state index in [0.29, 0.717) is 6.42 Å². The van der Waals surface area contributed by atoms with Gasteiger partial charge in [0.2, 0.25) is 5.95 Å². The monoisotopic (exact) mass is 298 g/mol. The van der Waals surface area contributed by atoms with Gasteiger partial charge in [-0.2, -0.15) is 0 Å². The van der Waals surface area contributed by atoms with Gasteiger partial charge in [-0.1, -0.05) is 0 Å². The first-order valence-electron chi connectivity index (χ1n) is 6.46. The second-order valence-electron chi connectivity index (χ2n) is 5.14. The maximum Gasteiger partial charge on any atom is 0.270 e. The number of amides is 1. The van der Waals surface area contributed by atoms with Crippen molar-refractivity contribution in [3.63, 3.8) is 0 Å². The summed E-state index contributed by atoms with van der Waals surface area (Å²) >= 11 is 0. The molecule has 0 aromatic carbocycles. The van der Waals surface area contributed by atoms with Crippen LogP contribution < -0.4 is 10.6 Å². The van der Waals surface area contributed by atoms with E-state index in [0.717, 1.165) is 0 Å². The van der Waals surface area contributed by atoms with Gasteiger partial charge in [-0.15, -0.1) is 0 Å². The van der Waals surface area contributed by atoms with Gasteiger partial charge in [-0.05, 0) is 26.3 Å². The highest BCUT2D eigenvalue weighted by molar-refractivity contribution is 7.91. The maximum absolute atomic E-state index is 11.8. The fraction of sp³-hybridized carbons (Fsp3) is 0.583. The van der Waals surface area contributed by atoms with Crippen molar-refractivity contribution in [3.05, 3.63) is 18.0 Å². The smallest absolute Gasteiger partial charge is 0.270 e. The molecule has 1 amide bonds. The van der Waals surface area contributed by atoms with Crippen LogP contribution in [-0.2, 0) is 9.84 Å². The molecule has 110 valence electrons. The third-order valence-corrected chi connectivity index (χ3v) is 4.64. The van der Waals surface area contributed by atoms with E-state index in [1.54, 1.807) is 0 Å². The Morgan fingerprint density at radius 3 is 2.80 bits per heavy atom. The average molecular weight is 298 g/mol. The van der Waals surface area contributed by atoms with Crippen molar-refractivity contribution in [1.29, 1.82) is 0 Å². The molecule has 0 bridgehead atoms. The zero-order valence-electron chi connectivity index (χ0n) is 11.5. The normalized spacial score (nSPS) is 20.9. The van der Waals surface area contributed by atoms with Crippen molar-refractivity contribution >= 4 is 21.7 Å². The van der Waals surface area contributed by atoms with Crippen LogP contribution in [0, 0.1) is 0 Å². The highest BCUT2D eigenvalue weighted by Gasteiger charge is 2.28. The molecule has 0 aliphatic carbocycles. The molecule has 1 aromatic rings. The molecule has 0 radical (unpaired) electrons. The molecule has 2 heterocycles. The van der Waals surface area contributed by atoms with Crippen molar-refractivity contribution in [2.24, 2.45) is 0 Å². The van der Waals surface area contributed by atoms with Crippen molar-refractivity contribution in [1.82, 2.24) is 15.3 Å². The zero-order valence-corrected chi connectivity index (χ0v) is 12.3. The van der Waals surface area contributed by atoms with Crippen LogP contribution in [-0.4, -0.2) is 47.9 Å². The lowest BCUT2D eigenvalue weighted by Crippen LogP contribution is -2.31. The first-order valence-corrected chi connectivity index (χ1v) is 8.29. The van der Waals surface area contributed by atoms with Gasteiger partial charge in [0.05, 0.1) is 11.5 Å². The SMILES string of the molecule is CC(C)NC(=O)c1ccnc(NC2CCS(=O)(=O)C2)n1. The summed E-state index contributed by atoms with van der Waals surface area (Å²) < 4.78 is 22.8. The predicted octanol–water partition coefficient (Wildman–Crippen LogP) is 0.214. The third-order valence-electron chi connectivity index (χ3n) is 2.87. The molecule has 0 spiro atoms. The minimum atomic E-state index is -2.96. The number of hydrogen-bond acceptors (Lipinski definition) is 6. The summed E-state index contributed by atoms with van der Waals surface area (Å²) in [7, 11) is -2.96. The lowest BCUT2D eigenvalue weighted by Gasteiger charge is -2.12. The van der Waals surface area contributed by atoms with Gasteiger partial charge in [0.1, 0.15) is 5.69 Å². The summed E-state index contributed by atoms with van der Waals surface area (Å²) in [5, 5.41) is 5.70. The first-order chi connectivity index (χ1) is 9.35. The van der Waals surface area contributed by atoms with E-state index in [9.17, 15) is 13.2 Å². The van der Waals surface area contributed by atoms with Crippen molar-refractivity contribution in [3.8, 4) is 0 Å². The fourth-order valence-corrected chi connectivity index (χ4v) is 3.66. The topological polar surface area (TPSA) is 101 Å². The molecule has 1 saturated heterocycles. The Labute approximate surface area is 118 Å². The first kappa shape index (κ1) is 14.7. The summed E-state index contributed by atoms with van der Waals surface area (Å²) in [6.07, 6.45) is 2.02. The highest BCUT2D eigenvalue weighted by Crippen LogP contribution is 2.15. The summed E-state index contributed by atoms with van der Waals surface area (Å²) in [6, 6.07) is 1.35. The van der Waals surface area contributed by atoms with Crippen molar-refractivity contribution in [2.75, 3.05) is 16.8 Å². The van der Waals surface area contributed by atoms with Crippen LogP contribution in [0.15, 0.2) is 12.3 Å². The molecule has 1 unspecified atom stereocenters. The number of carbonyl (C=O) groups is 1. The summed E-state index contributed by atoms with van der Waals surface area (Å²) in [5.41, 5.74) is 0.261. The molecule has 1 aliphatic heterocycles. The minimum absolute atomic E-state index is 0.0221. The van der Waals surface area contributed by atoms with Crippen LogP contribution in [0.4, 0.5) is 5.95 Å². The minimum Gasteiger partial charge on any atom is -0.350 e. The van der Waals surface area contributed by atoms with Gasteiger partial charge in [0.25, 0.3) is 5.91 Å². The molecule has 20 heavy (non-hydrogen) atoms. The number of nitrogens with zero attached hydrogens (tertiary/aromatic N) is 2. The van der Waals surface area contributed by atoms with Gasteiger partial charge < -0.3 is 10.6 Å². The summed E-state index contributed by atoms with van der Waals surface area (Å²) in [5.74, 6) is 0.268. The number of anilines is 1. The van der Waals surface area contributed by atoms with Gasteiger partial charge in [0, 0.05) is 18.3 Å². The lowest BCUT2D eigenvalue weighted by atomic mass is 10.3. The highest BCUT2D eigenvalue weighted by atomic mass is 32.2. The van der Waals surface area contributed by atoms with E-state index < -0.39 is 9.84 Å². The van der Waals surface area contributed by atoms with Crippen molar-refractivity contribution < 1.29 is 13.2 Å². The Bertz CT molecular complexity index is 600. The molecule has 2 N–H and O–H groups in total. The maximum atomic E-state index is 11.8. The van der Waals surface area contributed by atoms with Crippen molar-refractivity contribution in [2.45, 2.75) is 32.4 Å². The Balaban J connectivity index is 2.05. The van der Waals surface area contributed by atoms with E-state index in [2.05, 4.69) is 20.6 Å². The number of nitrogens with one attached hydrogen (secondary N) is 2. The molecule has 1 atom stereocenters.